The largest absolute Gasteiger partial charge is 0.433 e. The van der Waals surface area contributed by atoms with Gasteiger partial charge in [-0.15, -0.1) is 0 Å². The van der Waals surface area contributed by atoms with Gasteiger partial charge in [0.2, 0.25) is 0 Å². The first-order chi connectivity index (χ1) is 12.2. The smallest absolute Gasteiger partial charge is 0.345 e. The molecule has 0 radical (unpaired) electrons. The first-order valence-corrected chi connectivity index (χ1v) is 7.94. The lowest BCUT2D eigenvalue weighted by Gasteiger charge is -2.14. The topological polar surface area (TPSA) is 59.8 Å². The Hall–Kier alpha value is -2.90. The van der Waals surface area contributed by atoms with E-state index < -0.39 is 11.9 Å². The third-order valence-electron chi connectivity index (χ3n) is 4.33. The number of hydrogen-bond donors (Lipinski definition) is 1. The highest BCUT2D eigenvalue weighted by Crippen LogP contribution is 2.29. The number of carbonyl (C=O) groups excluding carboxylic acids is 1. The zero-order chi connectivity index (χ0) is 19.1. The van der Waals surface area contributed by atoms with Crippen molar-refractivity contribution in [3.8, 4) is 0 Å². The number of aryl methyl sites for hydroxylation is 1. The molecule has 0 saturated heterocycles. The molecule has 5 nitrogen and oxygen atoms in total. The molecule has 1 aromatic carbocycles. The summed E-state index contributed by atoms with van der Waals surface area (Å²) in [5.74, 6) is -0.317. The monoisotopic (exact) mass is 362 g/mol. The molecule has 3 rings (SSSR count). The van der Waals surface area contributed by atoms with Crippen LogP contribution in [0.4, 0.5) is 13.2 Å². The summed E-state index contributed by atoms with van der Waals surface area (Å²) in [6, 6.07) is 6.38. The number of pyridine rings is 1. The number of carbonyl (C=O) groups is 1. The van der Waals surface area contributed by atoms with Gasteiger partial charge >= 0.3 is 6.18 Å². The van der Waals surface area contributed by atoms with Gasteiger partial charge < -0.3 is 5.32 Å². The van der Waals surface area contributed by atoms with E-state index in [4.69, 9.17) is 0 Å². The molecule has 8 heteroatoms. The predicted octanol–water partition coefficient (Wildman–Crippen LogP) is 3.79. The van der Waals surface area contributed by atoms with Crippen LogP contribution in [0.2, 0.25) is 0 Å². The highest BCUT2D eigenvalue weighted by molar-refractivity contribution is 5.98. The van der Waals surface area contributed by atoms with Crippen LogP contribution in [-0.2, 0) is 13.2 Å². The van der Waals surface area contributed by atoms with Crippen LogP contribution >= 0.6 is 0 Å². The first kappa shape index (κ1) is 17.9. The van der Waals surface area contributed by atoms with Gasteiger partial charge in [0.05, 0.1) is 17.8 Å². The first-order valence-electron chi connectivity index (χ1n) is 7.94. The molecule has 0 spiro atoms. The number of fused-ring (bicyclic) bond motifs is 1. The minimum Gasteiger partial charge on any atom is -0.345 e. The molecule has 1 N–H and O–H groups in total. The Labute approximate surface area is 147 Å². The summed E-state index contributed by atoms with van der Waals surface area (Å²) in [5.41, 5.74) is 1.43. The number of aromatic nitrogens is 3. The molecule has 2 heterocycles. The number of nitrogens with zero attached hydrogens (tertiary/aromatic N) is 3. The molecule has 136 valence electrons. The molecule has 2 aromatic heterocycles. The quantitative estimate of drug-likeness (QED) is 0.771. The third kappa shape index (κ3) is 3.40. The van der Waals surface area contributed by atoms with Crippen molar-refractivity contribution in [1.82, 2.24) is 20.1 Å². The van der Waals surface area contributed by atoms with E-state index in [9.17, 15) is 18.0 Å². The molecule has 0 saturated carbocycles. The zero-order valence-corrected chi connectivity index (χ0v) is 14.4. The fourth-order valence-electron chi connectivity index (χ4n) is 2.72. The second-order valence-corrected chi connectivity index (χ2v) is 6.11. The van der Waals surface area contributed by atoms with Crippen molar-refractivity contribution in [1.29, 1.82) is 0 Å². The van der Waals surface area contributed by atoms with Gasteiger partial charge in [-0.3, -0.25) is 9.48 Å². The Bertz CT molecular complexity index is 978. The Morgan fingerprint density at radius 2 is 1.96 bits per heavy atom. The van der Waals surface area contributed by atoms with E-state index in [-0.39, 0.29) is 17.5 Å². The van der Waals surface area contributed by atoms with Crippen LogP contribution in [0.3, 0.4) is 0 Å². The third-order valence-corrected chi connectivity index (χ3v) is 4.33. The number of amides is 1. The number of hydrogen-bond acceptors (Lipinski definition) is 3. The summed E-state index contributed by atoms with van der Waals surface area (Å²) in [4.78, 5) is 16.1. The zero-order valence-electron chi connectivity index (χ0n) is 14.4. The summed E-state index contributed by atoms with van der Waals surface area (Å²) >= 11 is 0. The number of rotatable bonds is 3. The standard InChI is InChI=1S/C18H17F3N4O/c1-10(14-9-22-25(3)11(14)2)23-17(26)13-4-6-15-12(8-13)5-7-16(24-15)18(19,20)21/h4-10H,1-3H3,(H,23,26)/t10-/m1/s1. The Kier molecular flexibility index (Phi) is 4.43. The maximum atomic E-state index is 12.7. The van der Waals surface area contributed by atoms with E-state index in [1.165, 1.54) is 24.3 Å². The van der Waals surface area contributed by atoms with Crippen LogP contribution in [0.5, 0.6) is 0 Å². The van der Waals surface area contributed by atoms with Crippen LogP contribution in [0, 0.1) is 6.92 Å². The van der Waals surface area contributed by atoms with Gasteiger partial charge in [0.1, 0.15) is 5.69 Å². The number of alkyl halides is 3. The minimum absolute atomic E-state index is 0.188. The van der Waals surface area contributed by atoms with Crippen molar-refractivity contribution < 1.29 is 18.0 Å². The lowest BCUT2D eigenvalue weighted by atomic mass is 10.1. The lowest BCUT2D eigenvalue weighted by molar-refractivity contribution is -0.140. The fourth-order valence-corrected chi connectivity index (χ4v) is 2.72. The second-order valence-electron chi connectivity index (χ2n) is 6.11. The van der Waals surface area contributed by atoms with Gasteiger partial charge in [-0.25, -0.2) is 4.98 Å². The van der Waals surface area contributed by atoms with E-state index in [0.29, 0.717) is 10.9 Å². The fraction of sp³-hybridized carbons (Fsp3) is 0.278. The summed E-state index contributed by atoms with van der Waals surface area (Å²) in [6.07, 6.45) is -2.80. The summed E-state index contributed by atoms with van der Waals surface area (Å²) in [7, 11) is 1.82. The van der Waals surface area contributed by atoms with Crippen LogP contribution in [0.15, 0.2) is 36.5 Å². The molecule has 0 unspecified atom stereocenters. The molecule has 1 amide bonds. The molecule has 26 heavy (non-hydrogen) atoms. The van der Waals surface area contributed by atoms with Crippen molar-refractivity contribution >= 4 is 16.8 Å². The highest BCUT2D eigenvalue weighted by atomic mass is 19.4. The molecule has 1 atom stereocenters. The van der Waals surface area contributed by atoms with Gasteiger partial charge in [-0.1, -0.05) is 6.07 Å². The van der Waals surface area contributed by atoms with E-state index in [1.54, 1.807) is 10.9 Å². The van der Waals surface area contributed by atoms with E-state index in [0.717, 1.165) is 17.3 Å². The van der Waals surface area contributed by atoms with Gasteiger partial charge in [-0.2, -0.15) is 18.3 Å². The predicted molar refractivity (Wildman–Crippen MR) is 90.6 cm³/mol. The highest BCUT2D eigenvalue weighted by Gasteiger charge is 2.32. The summed E-state index contributed by atoms with van der Waals surface area (Å²) in [6.45, 7) is 3.76. The maximum absolute atomic E-state index is 12.7. The Balaban J connectivity index is 1.83. The molecule has 0 fully saturated rings. The second kappa shape index (κ2) is 6.44. The van der Waals surface area contributed by atoms with Crippen molar-refractivity contribution in [2.45, 2.75) is 26.1 Å². The van der Waals surface area contributed by atoms with E-state index in [2.05, 4.69) is 15.4 Å². The number of halogens is 3. The summed E-state index contributed by atoms with van der Waals surface area (Å²) in [5, 5.41) is 7.49. The van der Waals surface area contributed by atoms with Gasteiger partial charge in [0.25, 0.3) is 5.91 Å². The van der Waals surface area contributed by atoms with Crippen molar-refractivity contribution in [2.75, 3.05) is 0 Å². The molecule has 0 aliphatic carbocycles. The van der Waals surface area contributed by atoms with Gasteiger partial charge in [0.15, 0.2) is 0 Å². The molecular formula is C18H17F3N4O. The van der Waals surface area contributed by atoms with Gasteiger partial charge in [0, 0.05) is 29.3 Å². The van der Waals surface area contributed by atoms with Crippen LogP contribution in [-0.4, -0.2) is 20.7 Å². The van der Waals surface area contributed by atoms with Crippen molar-refractivity contribution in [2.24, 2.45) is 7.05 Å². The number of benzene rings is 1. The Morgan fingerprint density at radius 1 is 1.23 bits per heavy atom. The van der Waals surface area contributed by atoms with E-state index in [1.807, 2.05) is 20.9 Å². The van der Waals surface area contributed by atoms with Crippen LogP contribution in [0.1, 0.15) is 40.3 Å². The molecule has 3 aromatic rings. The minimum atomic E-state index is -4.50. The SMILES string of the molecule is Cc1c([C@@H](C)NC(=O)c2ccc3nc(C(F)(F)F)ccc3c2)cnn1C. The van der Waals surface area contributed by atoms with Crippen molar-refractivity contribution in [3.05, 3.63) is 59.0 Å². The molecule has 0 aliphatic heterocycles. The average Bonchev–Trinajstić information content (AvgIpc) is 2.92. The average molecular weight is 362 g/mol. The van der Waals surface area contributed by atoms with Crippen LogP contribution < -0.4 is 5.32 Å². The summed E-state index contributed by atoms with van der Waals surface area (Å²) < 4.78 is 39.9. The Morgan fingerprint density at radius 3 is 2.58 bits per heavy atom. The maximum Gasteiger partial charge on any atom is 0.433 e. The van der Waals surface area contributed by atoms with Crippen molar-refractivity contribution in [3.63, 3.8) is 0 Å². The van der Waals surface area contributed by atoms with Gasteiger partial charge in [-0.05, 0) is 38.1 Å². The number of nitrogens with one attached hydrogen (secondary N) is 1. The van der Waals surface area contributed by atoms with Crippen LogP contribution in [0.25, 0.3) is 10.9 Å². The molecule has 0 bridgehead atoms. The lowest BCUT2D eigenvalue weighted by Crippen LogP contribution is -2.26. The molecular weight excluding hydrogens is 345 g/mol. The molecule has 0 aliphatic rings. The normalized spacial score (nSPS) is 13.0. The van der Waals surface area contributed by atoms with E-state index >= 15 is 0 Å².